The Morgan fingerprint density at radius 2 is 1.95 bits per heavy atom. The summed E-state index contributed by atoms with van der Waals surface area (Å²) in [6.45, 7) is -0.0400. The van der Waals surface area contributed by atoms with Crippen LogP contribution in [0.2, 0.25) is 0 Å². The molecular formula is C16H22N2O4. The zero-order chi connectivity index (χ0) is 15.8. The van der Waals surface area contributed by atoms with Crippen molar-refractivity contribution in [2.75, 3.05) is 13.2 Å². The Morgan fingerprint density at radius 3 is 2.55 bits per heavy atom. The summed E-state index contributed by atoms with van der Waals surface area (Å²) < 4.78 is 5.22. The van der Waals surface area contributed by atoms with Crippen LogP contribution in [0.3, 0.4) is 0 Å². The molecule has 0 radical (unpaired) electrons. The Labute approximate surface area is 129 Å². The molecule has 4 rings (SSSR count). The molecule has 0 spiro atoms. The number of carbonyl (C=O) groups is 2. The van der Waals surface area contributed by atoms with E-state index in [1.165, 1.54) is 0 Å². The third kappa shape index (κ3) is 2.82. The summed E-state index contributed by atoms with van der Waals surface area (Å²) in [7, 11) is 0. The molecule has 2 N–H and O–H groups in total. The Kier molecular flexibility index (Phi) is 3.85. The SMILES string of the molecule is N#CCCNC(=O)COC(=O)C12C[C@H]3C[C@@H](CC(O)(C3)C1)C2. The fourth-order valence-electron chi connectivity index (χ4n) is 5.05. The van der Waals surface area contributed by atoms with Crippen molar-refractivity contribution in [3.63, 3.8) is 0 Å². The molecule has 4 bridgehead atoms. The Hall–Kier alpha value is -1.61. The molecule has 4 aliphatic carbocycles. The summed E-state index contributed by atoms with van der Waals surface area (Å²) in [5, 5.41) is 21.6. The molecule has 2 atom stereocenters. The number of amides is 1. The maximum atomic E-state index is 12.5. The molecule has 120 valence electrons. The summed E-state index contributed by atoms with van der Waals surface area (Å²) in [5.74, 6) is 0.0917. The van der Waals surface area contributed by atoms with Gasteiger partial charge in [0.25, 0.3) is 5.91 Å². The lowest BCUT2D eigenvalue weighted by molar-refractivity contribution is -0.196. The minimum Gasteiger partial charge on any atom is -0.455 e. The van der Waals surface area contributed by atoms with Crippen LogP contribution in [0.5, 0.6) is 0 Å². The predicted molar refractivity (Wildman–Crippen MR) is 76.3 cm³/mol. The van der Waals surface area contributed by atoms with Crippen LogP contribution in [0.15, 0.2) is 0 Å². The molecule has 6 heteroatoms. The molecule has 1 amide bonds. The number of rotatable bonds is 5. The first kappa shape index (κ1) is 15.3. The lowest BCUT2D eigenvalue weighted by Crippen LogP contribution is -2.58. The van der Waals surface area contributed by atoms with Crippen LogP contribution >= 0.6 is 0 Å². The van der Waals surface area contributed by atoms with E-state index in [2.05, 4.69) is 5.32 Å². The normalized spacial score (nSPS) is 38.4. The van der Waals surface area contributed by atoms with E-state index in [1.807, 2.05) is 6.07 Å². The molecule has 0 aromatic carbocycles. The molecule has 0 aromatic rings. The molecular weight excluding hydrogens is 284 g/mol. The van der Waals surface area contributed by atoms with Gasteiger partial charge >= 0.3 is 5.97 Å². The Balaban J connectivity index is 1.56. The maximum absolute atomic E-state index is 12.5. The minimum atomic E-state index is -0.710. The van der Waals surface area contributed by atoms with Gasteiger partial charge in [-0.3, -0.25) is 9.59 Å². The van der Waals surface area contributed by atoms with Crippen molar-refractivity contribution in [2.24, 2.45) is 17.3 Å². The molecule has 0 saturated heterocycles. The van der Waals surface area contributed by atoms with Crippen molar-refractivity contribution < 1.29 is 19.4 Å². The summed E-state index contributed by atoms with van der Waals surface area (Å²) in [5.41, 5.74) is -1.30. The number of ether oxygens (including phenoxy) is 1. The van der Waals surface area contributed by atoms with Crippen molar-refractivity contribution in [2.45, 2.75) is 50.5 Å². The van der Waals surface area contributed by atoms with Crippen molar-refractivity contribution >= 4 is 11.9 Å². The van der Waals surface area contributed by atoms with E-state index in [4.69, 9.17) is 10.00 Å². The van der Waals surface area contributed by atoms with E-state index in [-0.39, 0.29) is 31.4 Å². The summed E-state index contributed by atoms with van der Waals surface area (Å²) >= 11 is 0. The monoisotopic (exact) mass is 306 g/mol. The Bertz CT molecular complexity index is 511. The van der Waals surface area contributed by atoms with Crippen LogP contribution in [-0.4, -0.2) is 35.7 Å². The molecule has 6 nitrogen and oxygen atoms in total. The van der Waals surface area contributed by atoms with Crippen molar-refractivity contribution in [1.82, 2.24) is 5.32 Å². The summed E-state index contributed by atoms with van der Waals surface area (Å²) in [4.78, 5) is 24.1. The molecule has 4 fully saturated rings. The zero-order valence-electron chi connectivity index (χ0n) is 12.6. The average molecular weight is 306 g/mol. The highest BCUT2D eigenvalue weighted by Crippen LogP contribution is 2.61. The Morgan fingerprint density at radius 1 is 1.27 bits per heavy atom. The van der Waals surface area contributed by atoms with Crippen molar-refractivity contribution in [1.29, 1.82) is 5.26 Å². The molecule has 22 heavy (non-hydrogen) atoms. The fourth-order valence-corrected chi connectivity index (χ4v) is 5.05. The van der Waals surface area contributed by atoms with E-state index in [0.717, 1.165) is 32.1 Å². The summed E-state index contributed by atoms with van der Waals surface area (Å²) in [6, 6.07) is 1.93. The van der Waals surface area contributed by atoms with E-state index in [9.17, 15) is 14.7 Å². The minimum absolute atomic E-state index is 0.236. The van der Waals surface area contributed by atoms with E-state index < -0.39 is 11.0 Å². The van der Waals surface area contributed by atoms with E-state index in [1.54, 1.807) is 0 Å². The van der Waals surface area contributed by atoms with Gasteiger partial charge in [-0.2, -0.15) is 5.26 Å². The van der Waals surface area contributed by atoms with Gasteiger partial charge in [0, 0.05) is 6.54 Å². The number of hydrogen-bond donors (Lipinski definition) is 2. The van der Waals surface area contributed by atoms with Gasteiger partial charge in [-0.25, -0.2) is 0 Å². The first-order valence-corrected chi connectivity index (χ1v) is 7.98. The number of esters is 1. The van der Waals surface area contributed by atoms with Crippen LogP contribution in [0.1, 0.15) is 44.9 Å². The van der Waals surface area contributed by atoms with Gasteiger partial charge < -0.3 is 15.2 Å². The van der Waals surface area contributed by atoms with Crippen molar-refractivity contribution in [3.05, 3.63) is 0 Å². The van der Waals surface area contributed by atoms with Crippen LogP contribution < -0.4 is 5.32 Å². The first-order chi connectivity index (χ1) is 10.4. The highest BCUT2D eigenvalue weighted by atomic mass is 16.5. The number of aliphatic hydroxyl groups is 1. The fraction of sp³-hybridized carbons (Fsp3) is 0.812. The zero-order valence-corrected chi connectivity index (χ0v) is 12.6. The third-order valence-electron chi connectivity index (χ3n) is 5.36. The topological polar surface area (TPSA) is 99.4 Å². The second kappa shape index (κ2) is 5.54. The standard InChI is InChI=1S/C16H22N2O4/c17-2-1-3-18-13(19)9-22-14(20)15-5-11-4-12(6-15)8-16(21,7-11)10-15/h11-12,21H,1,3-10H2,(H,18,19)/t11-,12-,15?,16?/m1/s1. The molecule has 0 heterocycles. The quantitative estimate of drug-likeness (QED) is 0.580. The second-order valence-electron chi connectivity index (χ2n) is 7.30. The van der Waals surface area contributed by atoms with Gasteiger partial charge in [-0.1, -0.05) is 0 Å². The molecule has 0 aromatic heterocycles. The molecule has 4 saturated carbocycles. The average Bonchev–Trinajstić information content (AvgIpc) is 2.42. The number of nitrogens with zero attached hydrogens (tertiary/aromatic N) is 1. The maximum Gasteiger partial charge on any atom is 0.312 e. The number of nitrogens with one attached hydrogen (secondary N) is 1. The van der Waals surface area contributed by atoms with Crippen molar-refractivity contribution in [3.8, 4) is 6.07 Å². The van der Waals surface area contributed by atoms with Gasteiger partial charge in [0.05, 0.1) is 23.5 Å². The highest BCUT2D eigenvalue weighted by molar-refractivity contribution is 5.83. The van der Waals surface area contributed by atoms with Gasteiger partial charge in [-0.15, -0.1) is 0 Å². The van der Waals surface area contributed by atoms with Crippen LogP contribution in [0.25, 0.3) is 0 Å². The van der Waals surface area contributed by atoms with Gasteiger partial charge in [0.2, 0.25) is 0 Å². The first-order valence-electron chi connectivity index (χ1n) is 7.98. The van der Waals surface area contributed by atoms with Crippen LogP contribution in [-0.2, 0) is 14.3 Å². The molecule has 0 unspecified atom stereocenters. The van der Waals surface area contributed by atoms with E-state index in [0.29, 0.717) is 18.3 Å². The second-order valence-corrected chi connectivity index (χ2v) is 7.30. The number of hydrogen-bond acceptors (Lipinski definition) is 5. The van der Waals surface area contributed by atoms with E-state index >= 15 is 0 Å². The smallest absolute Gasteiger partial charge is 0.312 e. The van der Waals surface area contributed by atoms with Gasteiger partial charge in [0.15, 0.2) is 6.61 Å². The molecule has 0 aliphatic heterocycles. The van der Waals surface area contributed by atoms with Gasteiger partial charge in [-0.05, 0) is 50.4 Å². The van der Waals surface area contributed by atoms with Gasteiger partial charge in [0.1, 0.15) is 0 Å². The van der Waals surface area contributed by atoms with Crippen LogP contribution in [0.4, 0.5) is 0 Å². The highest BCUT2D eigenvalue weighted by Gasteiger charge is 2.60. The van der Waals surface area contributed by atoms with Crippen LogP contribution in [0, 0.1) is 28.6 Å². The molecule has 4 aliphatic rings. The number of carbonyl (C=O) groups excluding carboxylic acids is 2. The third-order valence-corrected chi connectivity index (χ3v) is 5.36. The lowest BCUT2D eigenvalue weighted by atomic mass is 9.48. The number of nitriles is 1. The largest absolute Gasteiger partial charge is 0.455 e. The lowest BCUT2D eigenvalue weighted by Gasteiger charge is -2.58. The predicted octanol–water partition coefficient (Wildman–Crippen LogP) is 0.891. The summed E-state index contributed by atoms with van der Waals surface area (Å²) in [6.07, 6.45) is 4.97.